The van der Waals surface area contributed by atoms with Crippen molar-refractivity contribution in [3.63, 3.8) is 0 Å². The Morgan fingerprint density at radius 1 is 1.07 bits per heavy atom. The van der Waals surface area contributed by atoms with Crippen molar-refractivity contribution in [1.29, 1.82) is 0 Å². The van der Waals surface area contributed by atoms with Gasteiger partial charge in [-0.15, -0.1) is 0 Å². The molecule has 0 amide bonds. The number of hydrogen-bond donors (Lipinski definition) is 1. The van der Waals surface area contributed by atoms with Crippen molar-refractivity contribution in [2.75, 3.05) is 19.6 Å². The van der Waals surface area contributed by atoms with Gasteiger partial charge in [-0.25, -0.2) is 4.98 Å². The summed E-state index contributed by atoms with van der Waals surface area (Å²) in [5.74, 6) is 1.13. The number of hydrogen-bond acceptors (Lipinski definition) is 6. The van der Waals surface area contributed by atoms with E-state index >= 15 is 0 Å². The SMILES string of the molecule is COc1ccc(/C=N/Nc2nc(C(F)(F)F)c(-c3ccccc3)s2)c(OC)c1. The Hall–Kier alpha value is -3.07. The lowest BCUT2D eigenvalue weighted by atomic mass is 10.1. The van der Waals surface area contributed by atoms with E-state index in [1.807, 2.05) is 0 Å². The van der Waals surface area contributed by atoms with Crippen molar-refractivity contribution < 1.29 is 22.6 Å². The first-order chi connectivity index (χ1) is 13.4. The van der Waals surface area contributed by atoms with Crippen LogP contribution < -0.4 is 14.9 Å². The van der Waals surface area contributed by atoms with E-state index in [4.69, 9.17) is 9.47 Å². The Morgan fingerprint density at radius 3 is 2.46 bits per heavy atom. The quantitative estimate of drug-likeness (QED) is 0.446. The first kappa shape index (κ1) is 19.7. The number of thiazole rings is 1. The Kier molecular flexibility index (Phi) is 5.84. The number of rotatable bonds is 6. The number of anilines is 1. The molecule has 5 nitrogen and oxygen atoms in total. The van der Waals surface area contributed by atoms with E-state index in [2.05, 4.69) is 15.5 Å². The second-order valence-electron chi connectivity index (χ2n) is 5.54. The maximum absolute atomic E-state index is 13.4. The maximum atomic E-state index is 13.4. The standard InChI is InChI=1S/C19H16F3N3O2S/c1-26-14-9-8-13(15(10-14)27-2)11-23-25-18-24-17(19(20,21)22)16(28-18)12-6-4-3-5-7-12/h3-11H,1-2H3,(H,24,25)/b23-11+. The first-order valence-corrected chi connectivity index (χ1v) is 8.88. The van der Waals surface area contributed by atoms with Crippen LogP contribution in [0.5, 0.6) is 11.5 Å². The van der Waals surface area contributed by atoms with Crippen LogP contribution in [-0.4, -0.2) is 25.4 Å². The van der Waals surface area contributed by atoms with E-state index in [-0.39, 0.29) is 10.0 Å². The summed E-state index contributed by atoms with van der Waals surface area (Å²) in [7, 11) is 3.04. The zero-order chi connectivity index (χ0) is 20.1. The highest BCUT2D eigenvalue weighted by Crippen LogP contribution is 2.41. The summed E-state index contributed by atoms with van der Waals surface area (Å²) in [6.07, 6.45) is -3.13. The van der Waals surface area contributed by atoms with Crippen LogP contribution in [0.2, 0.25) is 0 Å². The average molecular weight is 407 g/mol. The van der Waals surface area contributed by atoms with E-state index in [0.29, 0.717) is 22.6 Å². The molecule has 0 aliphatic heterocycles. The number of ether oxygens (including phenoxy) is 2. The summed E-state index contributed by atoms with van der Waals surface area (Å²) >= 11 is 0.883. The molecule has 0 spiro atoms. The molecule has 1 N–H and O–H groups in total. The van der Waals surface area contributed by atoms with Gasteiger partial charge in [0.1, 0.15) is 11.5 Å². The van der Waals surface area contributed by atoms with Gasteiger partial charge in [0, 0.05) is 11.6 Å². The third kappa shape index (κ3) is 4.42. The lowest BCUT2D eigenvalue weighted by Gasteiger charge is -2.06. The number of aromatic nitrogens is 1. The van der Waals surface area contributed by atoms with Crippen molar-refractivity contribution >= 4 is 22.7 Å². The highest BCUT2D eigenvalue weighted by Gasteiger charge is 2.38. The van der Waals surface area contributed by atoms with Gasteiger partial charge in [-0.2, -0.15) is 18.3 Å². The largest absolute Gasteiger partial charge is 0.497 e. The lowest BCUT2D eigenvalue weighted by molar-refractivity contribution is -0.140. The smallest absolute Gasteiger partial charge is 0.434 e. The molecular formula is C19H16F3N3O2S. The monoisotopic (exact) mass is 407 g/mol. The van der Waals surface area contributed by atoms with Crippen molar-refractivity contribution in [1.82, 2.24) is 4.98 Å². The van der Waals surface area contributed by atoms with Gasteiger partial charge in [-0.05, 0) is 17.7 Å². The van der Waals surface area contributed by atoms with Crippen LogP contribution in [0.3, 0.4) is 0 Å². The van der Waals surface area contributed by atoms with Gasteiger partial charge in [-0.3, -0.25) is 5.43 Å². The molecule has 0 aliphatic rings. The first-order valence-electron chi connectivity index (χ1n) is 8.07. The van der Waals surface area contributed by atoms with Gasteiger partial charge in [0.05, 0.1) is 25.3 Å². The van der Waals surface area contributed by atoms with Crippen LogP contribution in [0, 0.1) is 0 Å². The fourth-order valence-electron chi connectivity index (χ4n) is 2.43. The number of methoxy groups -OCH3 is 2. The van der Waals surface area contributed by atoms with E-state index in [1.165, 1.54) is 20.4 Å². The highest BCUT2D eigenvalue weighted by atomic mass is 32.1. The minimum absolute atomic E-state index is 0.0350. The summed E-state index contributed by atoms with van der Waals surface area (Å²) in [5.41, 5.74) is 2.70. The molecule has 9 heteroatoms. The Balaban J connectivity index is 1.86. The number of alkyl halides is 3. The van der Waals surface area contributed by atoms with Crippen LogP contribution in [0.15, 0.2) is 53.6 Å². The number of hydrazone groups is 1. The van der Waals surface area contributed by atoms with E-state index in [9.17, 15) is 13.2 Å². The molecule has 0 fully saturated rings. The van der Waals surface area contributed by atoms with Crippen LogP contribution >= 0.6 is 11.3 Å². The van der Waals surface area contributed by atoms with Crippen LogP contribution in [-0.2, 0) is 6.18 Å². The molecule has 3 aromatic rings. The van der Waals surface area contributed by atoms with Gasteiger partial charge in [0.25, 0.3) is 0 Å². The van der Waals surface area contributed by atoms with Gasteiger partial charge < -0.3 is 9.47 Å². The molecule has 0 atom stereocenters. The molecule has 0 saturated carbocycles. The molecule has 1 aromatic heterocycles. The Labute approximate surface area is 163 Å². The summed E-state index contributed by atoms with van der Waals surface area (Å²) in [4.78, 5) is 3.71. The summed E-state index contributed by atoms with van der Waals surface area (Å²) in [5, 5.41) is 4.03. The van der Waals surface area contributed by atoms with Crippen molar-refractivity contribution in [3.05, 3.63) is 59.8 Å². The molecule has 0 unspecified atom stereocenters. The molecule has 0 bridgehead atoms. The number of nitrogens with one attached hydrogen (secondary N) is 1. The third-order valence-corrected chi connectivity index (χ3v) is 4.75. The molecule has 3 rings (SSSR count). The minimum atomic E-state index is -4.56. The maximum Gasteiger partial charge on any atom is 0.434 e. The second-order valence-corrected chi connectivity index (χ2v) is 6.54. The molecule has 146 valence electrons. The van der Waals surface area contributed by atoms with Gasteiger partial charge in [0.2, 0.25) is 5.13 Å². The molecule has 0 radical (unpaired) electrons. The molecule has 28 heavy (non-hydrogen) atoms. The minimum Gasteiger partial charge on any atom is -0.497 e. The number of halogens is 3. The predicted molar refractivity (Wildman–Crippen MR) is 103 cm³/mol. The molecule has 0 aliphatic carbocycles. The Morgan fingerprint density at radius 2 is 1.82 bits per heavy atom. The molecule has 2 aromatic carbocycles. The number of nitrogens with zero attached hydrogens (tertiary/aromatic N) is 2. The molecule has 0 saturated heterocycles. The van der Waals surface area contributed by atoms with Crippen molar-refractivity contribution in [2.24, 2.45) is 5.10 Å². The zero-order valence-electron chi connectivity index (χ0n) is 14.9. The van der Waals surface area contributed by atoms with E-state index in [1.54, 1.807) is 48.5 Å². The summed E-state index contributed by atoms with van der Waals surface area (Å²) in [6, 6.07) is 13.4. The van der Waals surface area contributed by atoms with Crippen LogP contribution in [0.4, 0.5) is 18.3 Å². The van der Waals surface area contributed by atoms with Crippen LogP contribution in [0.25, 0.3) is 10.4 Å². The second kappa shape index (κ2) is 8.30. The van der Waals surface area contributed by atoms with Crippen molar-refractivity contribution in [2.45, 2.75) is 6.18 Å². The zero-order valence-corrected chi connectivity index (χ0v) is 15.8. The third-order valence-electron chi connectivity index (χ3n) is 3.74. The predicted octanol–water partition coefficient (Wildman–Crippen LogP) is 5.29. The Bertz CT molecular complexity index is 972. The molecule has 1 heterocycles. The van der Waals surface area contributed by atoms with E-state index < -0.39 is 11.9 Å². The average Bonchev–Trinajstić information content (AvgIpc) is 3.13. The van der Waals surface area contributed by atoms with Crippen LogP contribution in [0.1, 0.15) is 11.3 Å². The highest BCUT2D eigenvalue weighted by molar-refractivity contribution is 7.19. The van der Waals surface area contributed by atoms with Gasteiger partial charge in [-0.1, -0.05) is 41.7 Å². The lowest BCUT2D eigenvalue weighted by Crippen LogP contribution is -2.07. The fraction of sp³-hybridized carbons (Fsp3) is 0.158. The normalized spacial score (nSPS) is 11.6. The topological polar surface area (TPSA) is 55.7 Å². The number of benzene rings is 2. The van der Waals surface area contributed by atoms with Gasteiger partial charge >= 0.3 is 6.18 Å². The van der Waals surface area contributed by atoms with Crippen molar-refractivity contribution in [3.8, 4) is 21.9 Å². The van der Waals surface area contributed by atoms with E-state index in [0.717, 1.165) is 11.3 Å². The summed E-state index contributed by atoms with van der Waals surface area (Å²) < 4.78 is 50.4. The van der Waals surface area contributed by atoms with Gasteiger partial charge in [0.15, 0.2) is 5.69 Å². The fourth-order valence-corrected chi connectivity index (χ4v) is 3.37. The molecular weight excluding hydrogens is 391 g/mol. The summed E-state index contributed by atoms with van der Waals surface area (Å²) in [6.45, 7) is 0.